The summed E-state index contributed by atoms with van der Waals surface area (Å²) in [5.41, 5.74) is 1.22. The van der Waals surface area contributed by atoms with Gasteiger partial charge in [0.05, 0.1) is 0 Å². The Morgan fingerprint density at radius 3 is 2.82 bits per heavy atom. The van der Waals surface area contributed by atoms with Gasteiger partial charge in [-0.25, -0.2) is 4.79 Å². The average Bonchev–Trinajstić information content (AvgIpc) is 3.04. The van der Waals surface area contributed by atoms with Crippen LogP contribution in [0.4, 0.5) is 10.5 Å². The third-order valence-corrected chi connectivity index (χ3v) is 4.22. The van der Waals surface area contributed by atoms with E-state index in [2.05, 4.69) is 29.4 Å². The van der Waals surface area contributed by atoms with Gasteiger partial charge < -0.3 is 20.2 Å². The molecule has 2 N–H and O–H groups in total. The predicted octanol–water partition coefficient (Wildman–Crippen LogP) is 1.93. The zero-order valence-corrected chi connectivity index (χ0v) is 13.4. The van der Waals surface area contributed by atoms with Gasteiger partial charge >= 0.3 is 6.03 Å². The van der Waals surface area contributed by atoms with E-state index in [-0.39, 0.29) is 18.6 Å². The minimum Gasteiger partial charge on any atom is -0.396 e. The summed E-state index contributed by atoms with van der Waals surface area (Å²) in [7, 11) is 2.09. The van der Waals surface area contributed by atoms with Crippen molar-refractivity contribution in [3.63, 3.8) is 0 Å². The summed E-state index contributed by atoms with van der Waals surface area (Å²) in [4.78, 5) is 16.0. The van der Waals surface area contributed by atoms with Gasteiger partial charge in [0, 0.05) is 51.4 Å². The maximum Gasteiger partial charge on any atom is 0.317 e. The van der Waals surface area contributed by atoms with Crippen LogP contribution in [0, 0.1) is 5.92 Å². The molecule has 0 saturated carbocycles. The molecule has 0 aromatic heterocycles. The van der Waals surface area contributed by atoms with E-state index in [1.54, 1.807) is 4.90 Å². The molecule has 2 amide bonds. The largest absolute Gasteiger partial charge is 0.396 e. The van der Waals surface area contributed by atoms with E-state index in [1.807, 2.05) is 18.2 Å². The van der Waals surface area contributed by atoms with Crippen molar-refractivity contribution in [3.05, 3.63) is 30.3 Å². The quantitative estimate of drug-likeness (QED) is 0.757. The summed E-state index contributed by atoms with van der Waals surface area (Å²) in [5, 5.41) is 12.1. The van der Waals surface area contributed by atoms with Crippen LogP contribution >= 0.6 is 0 Å². The zero-order chi connectivity index (χ0) is 15.8. The maximum atomic E-state index is 11.9. The lowest BCUT2D eigenvalue weighted by molar-refractivity contribution is 0.198. The number of nitrogens with zero attached hydrogens (tertiary/aromatic N) is 2. The fourth-order valence-electron chi connectivity index (χ4n) is 2.76. The highest BCUT2D eigenvalue weighted by Crippen LogP contribution is 2.15. The minimum atomic E-state index is 0.00682. The average molecular weight is 305 g/mol. The Labute approximate surface area is 132 Å². The molecule has 1 unspecified atom stereocenters. The van der Waals surface area contributed by atoms with Crippen molar-refractivity contribution < 1.29 is 9.90 Å². The first-order valence-corrected chi connectivity index (χ1v) is 8.10. The highest BCUT2D eigenvalue weighted by atomic mass is 16.3. The van der Waals surface area contributed by atoms with Crippen LogP contribution in [-0.2, 0) is 0 Å². The SMILES string of the molecule is CN(CCCCNC(=O)N1CCC(CO)C1)c1ccccc1. The third kappa shape index (κ3) is 4.91. The number of nitrogens with one attached hydrogen (secondary N) is 1. The summed E-state index contributed by atoms with van der Waals surface area (Å²) in [6.45, 7) is 3.31. The van der Waals surface area contributed by atoms with Crippen molar-refractivity contribution >= 4 is 11.7 Å². The van der Waals surface area contributed by atoms with Crippen molar-refractivity contribution in [3.8, 4) is 0 Å². The first-order valence-electron chi connectivity index (χ1n) is 8.10. The van der Waals surface area contributed by atoms with E-state index in [1.165, 1.54) is 5.69 Å². The van der Waals surface area contributed by atoms with Crippen molar-refractivity contribution in [1.29, 1.82) is 0 Å². The normalized spacial score (nSPS) is 17.5. The van der Waals surface area contributed by atoms with Gasteiger partial charge in [-0.3, -0.25) is 0 Å². The van der Waals surface area contributed by atoms with Crippen molar-refractivity contribution in [2.24, 2.45) is 5.92 Å². The summed E-state index contributed by atoms with van der Waals surface area (Å²) in [5.74, 6) is 0.255. The first kappa shape index (κ1) is 16.6. The molecule has 0 spiro atoms. The van der Waals surface area contributed by atoms with E-state index < -0.39 is 0 Å². The van der Waals surface area contributed by atoms with E-state index in [9.17, 15) is 4.79 Å². The van der Waals surface area contributed by atoms with Crippen LogP contribution in [0.25, 0.3) is 0 Å². The summed E-state index contributed by atoms with van der Waals surface area (Å²) in [6.07, 6.45) is 2.93. The second-order valence-electron chi connectivity index (χ2n) is 5.98. The number of hydrogen-bond acceptors (Lipinski definition) is 3. The first-order chi connectivity index (χ1) is 10.7. The van der Waals surface area contributed by atoms with Crippen LogP contribution in [0.15, 0.2) is 30.3 Å². The number of carbonyl (C=O) groups is 1. The predicted molar refractivity (Wildman–Crippen MR) is 89.1 cm³/mol. The van der Waals surface area contributed by atoms with Crippen LogP contribution in [0.3, 0.4) is 0 Å². The second kappa shape index (κ2) is 8.63. The number of rotatable bonds is 7. The molecule has 1 aliphatic rings. The fraction of sp³-hybridized carbons (Fsp3) is 0.588. The van der Waals surface area contributed by atoms with Gasteiger partial charge in [-0.1, -0.05) is 18.2 Å². The van der Waals surface area contributed by atoms with Crippen molar-refractivity contribution in [2.45, 2.75) is 19.3 Å². The number of amides is 2. The van der Waals surface area contributed by atoms with Crippen LogP contribution < -0.4 is 10.2 Å². The lowest BCUT2D eigenvalue weighted by atomic mass is 10.1. The molecule has 1 saturated heterocycles. The number of benzene rings is 1. The van der Waals surface area contributed by atoms with Crippen molar-refractivity contribution in [2.75, 3.05) is 44.7 Å². The highest BCUT2D eigenvalue weighted by molar-refractivity contribution is 5.74. The van der Waals surface area contributed by atoms with Crippen LogP contribution in [0.2, 0.25) is 0 Å². The highest BCUT2D eigenvalue weighted by Gasteiger charge is 2.25. The minimum absolute atomic E-state index is 0.00682. The topological polar surface area (TPSA) is 55.8 Å². The number of unbranched alkanes of at least 4 members (excludes halogenated alkanes) is 1. The Bertz CT molecular complexity index is 452. The van der Waals surface area contributed by atoms with Gasteiger partial charge in [-0.2, -0.15) is 0 Å². The second-order valence-corrected chi connectivity index (χ2v) is 5.98. The Balaban J connectivity index is 1.57. The lowest BCUT2D eigenvalue weighted by Crippen LogP contribution is -2.39. The summed E-state index contributed by atoms with van der Waals surface area (Å²) < 4.78 is 0. The Morgan fingerprint density at radius 1 is 1.36 bits per heavy atom. The molecular formula is C17H27N3O2. The molecule has 1 aromatic carbocycles. The molecule has 122 valence electrons. The van der Waals surface area contributed by atoms with Crippen LogP contribution in [0.5, 0.6) is 0 Å². The number of anilines is 1. The summed E-state index contributed by atoms with van der Waals surface area (Å²) in [6, 6.07) is 10.3. The van der Waals surface area contributed by atoms with Gasteiger partial charge in [0.15, 0.2) is 0 Å². The summed E-state index contributed by atoms with van der Waals surface area (Å²) >= 11 is 0. The van der Waals surface area contributed by atoms with E-state index in [0.29, 0.717) is 13.1 Å². The van der Waals surface area contributed by atoms with Crippen LogP contribution in [-0.4, -0.2) is 55.9 Å². The Hall–Kier alpha value is -1.75. The zero-order valence-electron chi connectivity index (χ0n) is 13.4. The molecule has 2 rings (SSSR count). The molecule has 1 aliphatic heterocycles. The molecule has 0 aliphatic carbocycles. The number of aliphatic hydroxyl groups is 1. The Kier molecular flexibility index (Phi) is 6.52. The third-order valence-electron chi connectivity index (χ3n) is 4.22. The number of para-hydroxylation sites is 1. The number of likely N-dealkylation sites (tertiary alicyclic amines) is 1. The smallest absolute Gasteiger partial charge is 0.317 e. The van der Waals surface area contributed by atoms with Crippen molar-refractivity contribution in [1.82, 2.24) is 10.2 Å². The monoisotopic (exact) mass is 305 g/mol. The fourth-order valence-corrected chi connectivity index (χ4v) is 2.76. The number of hydrogen-bond donors (Lipinski definition) is 2. The van der Waals surface area contributed by atoms with Crippen LogP contribution in [0.1, 0.15) is 19.3 Å². The van der Waals surface area contributed by atoms with Gasteiger partial charge in [0.2, 0.25) is 0 Å². The van der Waals surface area contributed by atoms with E-state index in [4.69, 9.17) is 5.11 Å². The van der Waals surface area contributed by atoms with E-state index in [0.717, 1.165) is 32.4 Å². The van der Waals surface area contributed by atoms with Gasteiger partial charge in [0.1, 0.15) is 0 Å². The molecule has 5 nitrogen and oxygen atoms in total. The molecule has 1 atom stereocenters. The molecular weight excluding hydrogens is 278 g/mol. The molecule has 0 bridgehead atoms. The molecule has 0 radical (unpaired) electrons. The standard InChI is InChI=1S/C17H27N3O2/c1-19(16-7-3-2-4-8-16)11-6-5-10-18-17(22)20-12-9-15(13-20)14-21/h2-4,7-8,15,21H,5-6,9-14H2,1H3,(H,18,22). The van der Waals surface area contributed by atoms with Gasteiger partial charge in [-0.05, 0) is 31.4 Å². The van der Waals surface area contributed by atoms with Gasteiger partial charge in [-0.15, -0.1) is 0 Å². The molecule has 5 heteroatoms. The maximum absolute atomic E-state index is 11.9. The van der Waals surface area contributed by atoms with Gasteiger partial charge in [0.25, 0.3) is 0 Å². The number of carbonyl (C=O) groups excluding carboxylic acids is 1. The van der Waals surface area contributed by atoms with E-state index >= 15 is 0 Å². The molecule has 1 fully saturated rings. The lowest BCUT2D eigenvalue weighted by Gasteiger charge is -2.20. The number of aliphatic hydroxyl groups excluding tert-OH is 1. The molecule has 1 heterocycles. The number of urea groups is 1. The Morgan fingerprint density at radius 2 is 2.14 bits per heavy atom. The molecule has 22 heavy (non-hydrogen) atoms. The molecule has 1 aromatic rings.